The Morgan fingerprint density at radius 3 is 2.44 bits per heavy atom. The van der Waals surface area contributed by atoms with Gasteiger partial charge in [-0.3, -0.25) is 0 Å². The van der Waals surface area contributed by atoms with E-state index in [4.69, 9.17) is 15.9 Å². The van der Waals surface area contributed by atoms with E-state index < -0.39 is 5.60 Å². The Bertz CT molecular complexity index is 1320. The maximum absolute atomic E-state index is 13.0. The normalized spacial score (nSPS) is 17.7. The second-order valence-electron chi connectivity index (χ2n) is 8.00. The highest BCUT2D eigenvalue weighted by Crippen LogP contribution is 2.57. The first-order valence-electron chi connectivity index (χ1n) is 10.7. The third-order valence-corrected chi connectivity index (χ3v) is 7.02. The zero-order chi connectivity index (χ0) is 22.6. The van der Waals surface area contributed by atoms with Gasteiger partial charge in [0.05, 0.1) is 11.3 Å². The van der Waals surface area contributed by atoms with Gasteiger partial charge in [0.25, 0.3) is 0 Å². The molecule has 3 aromatic rings. The molecule has 32 heavy (non-hydrogen) atoms. The number of benzene rings is 3. The summed E-state index contributed by atoms with van der Waals surface area (Å²) in [6.07, 6.45) is 5.78. The number of aryl methyl sites for hydroxylation is 1. The minimum Gasteiger partial charge on any atom is -0.456 e. The molecule has 0 aliphatic carbocycles. The molecule has 1 spiro atoms. The Morgan fingerprint density at radius 1 is 1.03 bits per heavy atom. The summed E-state index contributed by atoms with van der Waals surface area (Å²) in [5.74, 6) is 3.71. The minimum absolute atomic E-state index is 0.355. The Morgan fingerprint density at radius 2 is 1.72 bits per heavy atom. The monoisotopic (exact) mass is 487 g/mol. The van der Waals surface area contributed by atoms with Crippen molar-refractivity contribution >= 4 is 27.6 Å². The van der Waals surface area contributed by atoms with Gasteiger partial charge in [-0.15, -0.1) is 6.42 Å². The SMILES string of the molecule is C#Cc1cc2c(cc1C)Oc1cc(N(CC)CC)c(Br)cc1C21OC(=O)c2ccccc21. The van der Waals surface area contributed by atoms with E-state index >= 15 is 0 Å². The lowest BCUT2D eigenvalue weighted by Crippen LogP contribution is -2.33. The minimum atomic E-state index is -1.12. The zero-order valence-corrected chi connectivity index (χ0v) is 19.7. The first-order chi connectivity index (χ1) is 15.4. The van der Waals surface area contributed by atoms with E-state index in [1.54, 1.807) is 6.07 Å². The fraction of sp³-hybridized carbons (Fsp3) is 0.222. The average Bonchev–Trinajstić information content (AvgIpc) is 3.09. The molecule has 5 rings (SSSR count). The summed E-state index contributed by atoms with van der Waals surface area (Å²) >= 11 is 3.75. The largest absolute Gasteiger partial charge is 0.456 e. The fourth-order valence-electron chi connectivity index (χ4n) is 4.79. The molecule has 0 saturated heterocycles. The number of fused-ring (bicyclic) bond motifs is 6. The summed E-state index contributed by atoms with van der Waals surface area (Å²) in [7, 11) is 0. The van der Waals surface area contributed by atoms with Crippen molar-refractivity contribution in [2.45, 2.75) is 26.4 Å². The molecule has 2 aliphatic rings. The van der Waals surface area contributed by atoms with Crippen LogP contribution in [0.5, 0.6) is 11.5 Å². The van der Waals surface area contributed by atoms with Gasteiger partial charge in [0.2, 0.25) is 0 Å². The van der Waals surface area contributed by atoms with Crippen LogP contribution in [0.1, 0.15) is 52.0 Å². The molecule has 0 fully saturated rings. The Balaban J connectivity index is 1.87. The lowest BCUT2D eigenvalue weighted by Gasteiger charge is -2.38. The fourth-order valence-corrected chi connectivity index (χ4v) is 5.38. The second-order valence-corrected chi connectivity index (χ2v) is 8.85. The summed E-state index contributed by atoms with van der Waals surface area (Å²) in [5, 5.41) is 0. The molecule has 0 saturated carbocycles. The highest BCUT2D eigenvalue weighted by Gasteiger charge is 2.54. The molecule has 0 bridgehead atoms. The van der Waals surface area contributed by atoms with Gasteiger partial charge in [0.15, 0.2) is 5.60 Å². The van der Waals surface area contributed by atoms with Crippen molar-refractivity contribution in [3.8, 4) is 23.8 Å². The van der Waals surface area contributed by atoms with Gasteiger partial charge in [0.1, 0.15) is 11.5 Å². The van der Waals surface area contributed by atoms with Crippen molar-refractivity contribution in [2.75, 3.05) is 18.0 Å². The number of anilines is 1. The smallest absolute Gasteiger partial charge is 0.340 e. The number of terminal acetylenes is 1. The van der Waals surface area contributed by atoms with Crippen LogP contribution in [-0.2, 0) is 10.3 Å². The van der Waals surface area contributed by atoms with E-state index in [1.165, 1.54) is 0 Å². The number of carbonyl (C=O) groups is 1. The van der Waals surface area contributed by atoms with Gasteiger partial charge >= 0.3 is 5.97 Å². The van der Waals surface area contributed by atoms with Crippen molar-refractivity contribution in [1.82, 2.24) is 0 Å². The number of nitrogens with zero attached hydrogens (tertiary/aromatic N) is 1. The van der Waals surface area contributed by atoms with Crippen LogP contribution < -0.4 is 9.64 Å². The van der Waals surface area contributed by atoms with E-state index in [0.29, 0.717) is 17.1 Å². The van der Waals surface area contributed by atoms with Crippen molar-refractivity contribution in [2.24, 2.45) is 0 Å². The number of hydrogen-bond acceptors (Lipinski definition) is 4. The maximum Gasteiger partial charge on any atom is 0.340 e. The summed E-state index contributed by atoms with van der Waals surface area (Å²) in [5.41, 5.74) is 4.45. The van der Waals surface area contributed by atoms with Crippen LogP contribution in [0.2, 0.25) is 0 Å². The summed E-state index contributed by atoms with van der Waals surface area (Å²) in [6.45, 7) is 7.91. The van der Waals surface area contributed by atoms with Crippen molar-refractivity contribution in [3.05, 3.63) is 86.4 Å². The summed E-state index contributed by atoms with van der Waals surface area (Å²) in [4.78, 5) is 15.3. The number of halogens is 1. The van der Waals surface area contributed by atoms with E-state index in [0.717, 1.165) is 51.1 Å². The quantitative estimate of drug-likeness (QED) is 0.327. The molecule has 160 valence electrons. The zero-order valence-electron chi connectivity index (χ0n) is 18.2. The van der Waals surface area contributed by atoms with Crippen molar-refractivity contribution in [3.63, 3.8) is 0 Å². The van der Waals surface area contributed by atoms with Crippen LogP contribution in [0.15, 0.2) is 53.0 Å². The van der Waals surface area contributed by atoms with Crippen LogP contribution in [-0.4, -0.2) is 19.1 Å². The van der Waals surface area contributed by atoms with E-state index in [1.807, 2.05) is 49.4 Å². The first kappa shape index (κ1) is 20.7. The van der Waals surface area contributed by atoms with Crippen LogP contribution >= 0.6 is 15.9 Å². The van der Waals surface area contributed by atoms with Gasteiger partial charge in [-0.05, 0) is 66.5 Å². The van der Waals surface area contributed by atoms with Crippen LogP contribution in [0.4, 0.5) is 5.69 Å². The number of ether oxygens (including phenoxy) is 2. The van der Waals surface area contributed by atoms with Gasteiger partial charge in [-0.1, -0.05) is 24.1 Å². The maximum atomic E-state index is 13.0. The van der Waals surface area contributed by atoms with Gasteiger partial charge in [-0.25, -0.2) is 4.79 Å². The Kier molecular flexibility index (Phi) is 4.79. The second kappa shape index (κ2) is 7.43. The lowest BCUT2D eigenvalue weighted by atomic mass is 9.76. The molecule has 2 aliphatic heterocycles. The molecule has 0 amide bonds. The molecular weight excluding hydrogens is 466 g/mol. The van der Waals surface area contributed by atoms with Crippen molar-refractivity contribution < 1.29 is 14.3 Å². The van der Waals surface area contributed by atoms with Gasteiger partial charge in [0, 0.05) is 45.9 Å². The predicted molar refractivity (Wildman–Crippen MR) is 129 cm³/mol. The molecule has 1 unspecified atom stereocenters. The van der Waals surface area contributed by atoms with E-state index in [-0.39, 0.29) is 5.97 Å². The average molecular weight is 488 g/mol. The van der Waals surface area contributed by atoms with Crippen LogP contribution in [0.3, 0.4) is 0 Å². The highest BCUT2D eigenvalue weighted by molar-refractivity contribution is 9.10. The van der Waals surface area contributed by atoms with Crippen molar-refractivity contribution in [1.29, 1.82) is 0 Å². The molecule has 3 aromatic carbocycles. The third-order valence-electron chi connectivity index (χ3n) is 6.39. The predicted octanol–water partition coefficient (Wildman–Crippen LogP) is 6.15. The topological polar surface area (TPSA) is 38.8 Å². The summed E-state index contributed by atoms with van der Waals surface area (Å²) in [6, 6.07) is 15.4. The number of carbonyl (C=O) groups excluding carboxylic acids is 1. The molecule has 0 radical (unpaired) electrons. The molecule has 1 atom stereocenters. The molecule has 0 aromatic heterocycles. The van der Waals surface area contributed by atoms with Crippen LogP contribution in [0, 0.1) is 19.3 Å². The molecule has 5 heteroatoms. The first-order valence-corrected chi connectivity index (χ1v) is 11.4. The summed E-state index contributed by atoms with van der Waals surface area (Å²) < 4.78 is 13.6. The van der Waals surface area contributed by atoms with E-state index in [2.05, 4.69) is 40.6 Å². The Labute approximate surface area is 196 Å². The molecule has 4 nitrogen and oxygen atoms in total. The Hall–Kier alpha value is -3.23. The standard InChI is InChI=1S/C27H22BrNO3/c1-5-17-13-20-24(12-16(17)4)31-25-15-23(29(6-2)7-3)22(28)14-21(25)27(20)19-11-9-8-10-18(19)26(30)32-27/h1,8-15H,6-7H2,2-4H3. The van der Waals surface area contributed by atoms with Gasteiger partial charge in [-0.2, -0.15) is 0 Å². The number of rotatable bonds is 3. The molecule has 0 N–H and O–H groups in total. The van der Waals surface area contributed by atoms with E-state index in [9.17, 15) is 4.79 Å². The highest BCUT2D eigenvalue weighted by atomic mass is 79.9. The van der Waals surface area contributed by atoms with Gasteiger partial charge < -0.3 is 14.4 Å². The third kappa shape index (κ3) is 2.73. The number of hydrogen-bond donors (Lipinski definition) is 0. The molecular formula is C27H22BrNO3. The van der Waals surface area contributed by atoms with Crippen LogP contribution in [0.25, 0.3) is 0 Å². The lowest BCUT2D eigenvalue weighted by molar-refractivity contribution is 0.0224. The molecule has 2 heterocycles. The number of esters is 1.